The molecule has 1 aromatic carbocycles. The van der Waals surface area contributed by atoms with Gasteiger partial charge in [-0.15, -0.1) is 0 Å². The van der Waals surface area contributed by atoms with Gasteiger partial charge >= 0.3 is 6.03 Å². The molecule has 8 heteroatoms. The summed E-state index contributed by atoms with van der Waals surface area (Å²) < 4.78 is 5.17. The average molecular weight is 336 g/mol. The zero-order valence-electron chi connectivity index (χ0n) is 13.3. The highest BCUT2D eigenvalue weighted by atomic mass is 32.1. The molecule has 1 unspecified atom stereocenters. The molecule has 1 saturated heterocycles. The Balaban J connectivity index is 2.20. The number of hydrogen-bond donors (Lipinski definition) is 3. The van der Waals surface area contributed by atoms with E-state index in [4.69, 9.17) is 17.0 Å². The topological polar surface area (TPSA) is 82.7 Å². The van der Waals surface area contributed by atoms with Crippen LogP contribution in [0.3, 0.4) is 0 Å². The van der Waals surface area contributed by atoms with Crippen LogP contribution in [0, 0.1) is 0 Å². The van der Waals surface area contributed by atoms with Crippen molar-refractivity contribution in [1.82, 2.24) is 21.1 Å². The van der Waals surface area contributed by atoms with Gasteiger partial charge in [0.1, 0.15) is 11.3 Å². The second-order valence-corrected chi connectivity index (χ2v) is 5.70. The summed E-state index contributed by atoms with van der Waals surface area (Å²) >= 11 is 5.08. The van der Waals surface area contributed by atoms with Crippen LogP contribution in [-0.4, -0.2) is 35.7 Å². The maximum atomic E-state index is 12.7. The van der Waals surface area contributed by atoms with E-state index in [-0.39, 0.29) is 5.11 Å². The maximum absolute atomic E-state index is 12.7. The van der Waals surface area contributed by atoms with E-state index in [1.807, 2.05) is 6.92 Å². The van der Waals surface area contributed by atoms with Gasteiger partial charge in [0.2, 0.25) is 0 Å². The summed E-state index contributed by atoms with van der Waals surface area (Å²) in [5.74, 6) is 0.175. The number of rotatable bonds is 5. The summed E-state index contributed by atoms with van der Waals surface area (Å²) in [7, 11) is 1.54. The first-order valence-electron chi connectivity index (χ1n) is 7.28. The summed E-state index contributed by atoms with van der Waals surface area (Å²) in [5, 5.41) is 6.72. The van der Waals surface area contributed by atoms with E-state index in [0.29, 0.717) is 17.9 Å². The number of amides is 3. The monoisotopic (exact) mass is 336 g/mol. The molecule has 1 aromatic rings. The number of imide groups is 1. The third-order valence-corrected chi connectivity index (χ3v) is 3.82. The number of hydrazine groups is 1. The number of carbonyl (C=O) groups excluding carboxylic acids is 2. The van der Waals surface area contributed by atoms with Crippen molar-refractivity contribution in [1.29, 1.82) is 0 Å². The highest BCUT2D eigenvalue weighted by molar-refractivity contribution is 7.80. The molecular weight excluding hydrogens is 316 g/mol. The lowest BCUT2D eigenvalue weighted by Gasteiger charge is -2.23. The molecule has 0 saturated carbocycles. The normalized spacial score (nSPS) is 20.2. The second kappa shape index (κ2) is 6.82. The van der Waals surface area contributed by atoms with Crippen molar-refractivity contribution in [2.24, 2.45) is 0 Å². The third-order valence-electron chi connectivity index (χ3n) is 3.59. The predicted octanol–water partition coefficient (Wildman–Crippen LogP) is 1.25. The number of nitrogens with one attached hydrogen (secondary N) is 3. The molecule has 0 aliphatic carbocycles. The third kappa shape index (κ3) is 3.37. The SMILES string of the molecule is CCCNC(=S)NN1C(=O)NC(C)(c2cccc(OC)c2)C1=O. The number of nitrogens with zero attached hydrogens (tertiary/aromatic N) is 1. The van der Waals surface area contributed by atoms with Crippen LogP contribution in [0.25, 0.3) is 0 Å². The number of ether oxygens (including phenoxy) is 1. The van der Waals surface area contributed by atoms with Crippen LogP contribution in [-0.2, 0) is 10.3 Å². The molecule has 0 bridgehead atoms. The van der Waals surface area contributed by atoms with Gasteiger partial charge in [0.05, 0.1) is 7.11 Å². The van der Waals surface area contributed by atoms with Gasteiger partial charge in [-0.25, -0.2) is 4.79 Å². The summed E-state index contributed by atoms with van der Waals surface area (Å²) in [5.41, 5.74) is 2.08. The molecular formula is C15H20N4O3S. The number of methoxy groups -OCH3 is 1. The Morgan fingerprint density at radius 3 is 2.83 bits per heavy atom. The van der Waals surface area contributed by atoms with Crippen molar-refractivity contribution in [2.45, 2.75) is 25.8 Å². The molecule has 1 aliphatic rings. The van der Waals surface area contributed by atoms with Crippen LogP contribution in [0.4, 0.5) is 4.79 Å². The van der Waals surface area contributed by atoms with Crippen LogP contribution >= 0.6 is 12.2 Å². The summed E-state index contributed by atoms with van der Waals surface area (Å²) in [6, 6.07) is 6.46. The van der Waals surface area contributed by atoms with E-state index in [1.54, 1.807) is 38.3 Å². The minimum absolute atomic E-state index is 0.227. The van der Waals surface area contributed by atoms with E-state index in [1.165, 1.54) is 0 Å². The second-order valence-electron chi connectivity index (χ2n) is 5.30. The van der Waals surface area contributed by atoms with Gasteiger partial charge < -0.3 is 15.4 Å². The number of carbonyl (C=O) groups is 2. The molecule has 2 rings (SSSR count). The fourth-order valence-electron chi connectivity index (χ4n) is 2.25. The Labute approximate surface area is 140 Å². The van der Waals surface area contributed by atoms with Gasteiger partial charge in [-0.3, -0.25) is 10.2 Å². The first-order valence-corrected chi connectivity index (χ1v) is 7.69. The van der Waals surface area contributed by atoms with Gasteiger partial charge in [-0.2, -0.15) is 5.01 Å². The number of benzene rings is 1. The van der Waals surface area contributed by atoms with Crippen LogP contribution in [0.15, 0.2) is 24.3 Å². The highest BCUT2D eigenvalue weighted by Gasteiger charge is 2.49. The van der Waals surface area contributed by atoms with Crippen LogP contribution < -0.4 is 20.8 Å². The molecule has 1 atom stereocenters. The molecule has 23 heavy (non-hydrogen) atoms. The Morgan fingerprint density at radius 1 is 1.43 bits per heavy atom. The first-order chi connectivity index (χ1) is 10.9. The highest BCUT2D eigenvalue weighted by Crippen LogP contribution is 2.30. The molecule has 0 aromatic heterocycles. The summed E-state index contributed by atoms with van der Waals surface area (Å²) in [4.78, 5) is 24.8. The standard InChI is InChI=1S/C15H20N4O3S/c1-4-8-16-13(23)18-19-12(20)15(2,17-14(19)21)10-6-5-7-11(9-10)22-3/h5-7,9H,4,8H2,1-3H3,(H,17,21)(H2,16,18,23). The Hall–Kier alpha value is -2.35. The van der Waals surface area contributed by atoms with Crippen LogP contribution in [0.2, 0.25) is 0 Å². The van der Waals surface area contributed by atoms with Gasteiger partial charge in [0.25, 0.3) is 5.91 Å². The largest absolute Gasteiger partial charge is 0.497 e. The maximum Gasteiger partial charge on any atom is 0.344 e. The summed E-state index contributed by atoms with van der Waals surface area (Å²) in [6.45, 7) is 4.29. The molecule has 0 radical (unpaired) electrons. The minimum atomic E-state index is -1.18. The van der Waals surface area contributed by atoms with E-state index < -0.39 is 17.5 Å². The molecule has 1 heterocycles. The minimum Gasteiger partial charge on any atom is -0.497 e. The fourth-order valence-corrected chi connectivity index (χ4v) is 2.44. The van der Waals surface area contributed by atoms with Gasteiger partial charge in [0.15, 0.2) is 5.11 Å². The van der Waals surface area contributed by atoms with Crippen molar-refractivity contribution in [3.05, 3.63) is 29.8 Å². The molecule has 124 valence electrons. The number of thiocarbonyl (C=S) groups is 1. The van der Waals surface area contributed by atoms with Gasteiger partial charge in [-0.1, -0.05) is 19.1 Å². The van der Waals surface area contributed by atoms with Crippen molar-refractivity contribution in [3.8, 4) is 5.75 Å². The lowest BCUT2D eigenvalue weighted by atomic mass is 9.92. The van der Waals surface area contributed by atoms with Crippen molar-refractivity contribution in [3.63, 3.8) is 0 Å². The van der Waals surface area contributed by atoms with Crippen molar-refractivity contribution >= 4 is 29.3 Å². The Kier molecular flexibility index (Phi) is 5.05. The lowest BCUT2D eigenvalue weighted by Crippen LogP contribution is -2.51. The quantitative estimate of drug-likeness (QED) is 0.555. The number of hydrogen-bond acceptors (Lipinski definition) is 4. The molecule has 1 aliphatic heterocycles. The summed E-state index contributed by atoms with van der Waals surface area (Å²) in [6.07, 6.45) is 0.878. The van der Waals surface area contributed by atoms with E-state index in [9.17, 15) is 9.59 Å². The van der Waals surface area contributed by atoms with E-state index in [0.717, 1.165) is 11.4 Å². The Morgan fingerprint density at radius 2 is 2.17 bits per heavy atom. The fraction of sp³-hybridized carbons (Fsp3) is 0.400. The van der Waals surface area contributed by atoms with Crippen molar-refractivity contribution < 1.29 is 14.3 Å². The first kappa shape index (κ1) is 17.0. The zero-order chi connectivity index (χ0) is 17.0. The van der Waals surface area contributed by atoms with Gasteiger partial charge in [-0.05, 0) is 43.3 Å². The van der Waals surface area contributed by atoms with E-state index in [2.05, 4.69) is 16.1 Å². The van der Waals surface area contributed by atoms with Crippen LogP contribution in [0.1, 0.15) is 25.8 Å². The predicted molar refractivity (Wildman–Crippen MR) is 89.8 cm³/mol. The molecule has 1 fully saturated rings. The van der Waals surface area contributed by atoms with E-state index >= 15 is 0 Å². The lowest BCUT2D eigenvalue weighted by molar-refractivity contribution is -0.132. The zero-order valence-corrected chi connectivity index (χ0v) is 14.1. The van der Waals surface area contributed by atoms with Gasteiger partial charge in [0, 0.05) is 6.54 Å². The molecule has 3 amide bonds. The number of urea groups is 1. The Bertz CT molecular complexity index is 637. The van der Waals surface area contributed by atoms with Crippen LogP contribution in [0.5, 0.6) is 5.75 Å². The smallest absolute Gasteiger partial charge is 0.344 e. The average Bonchev–Trinajstić information content (AvgIpc) is 2.77. The van der Waals surface area contributed by atoms with Crippen molar-refractivity contribution in [2.75, 3.05) is 13.7 Å². The molecule has 0 spiro atoms. The molecule has 7 nitrogen and oxygen atoms in total. The molecule has 3 N–H and O–H groups in total.